The van der Waals surface area contributed by atoms with Crippen LogP contribution in [0.5, 0.6) is 0 Å². The third-order valence-electron chi connectivity index (χ3n) is 4.67. The number of carbonyl (C=O) groups excluding carboxylic acids is 2. The molecule has 0 bridgehead atoms. The molecular weight excluding hydrogens is 286 g/mol. The van der Waals surface area contributed by atoms with E-state index in [0.717, 1.165) is 37.1 Å². The van der Waals surface area contributed by atoms with Gasteiger partial charge in [-0.05, 0) is 19.3 Å². The van der Waals surface area contributed by atoms with E-state index in [1.807, 2.05) is 17.2 Å². The second kappa shape index (κ2) is 5.75. The van der Waals surface area contributed by atoms with Crippen LogP contribution in [-0.4, -0.2) is 33.3 Å². The van der Waals surface area contributed by atoms with Gasteiger partial charge in [-0.15, -0.1) is 11.3 Å². The summed E-state index contributed by atoms with van der Waals surface area (Å²) >= 11 is 1.54. The highest BCUT2D eigenvalue weighted by molar-refractivity contribution is 7.09. The van der Waals surface area contributed by atoms with Crippen molar-refractivity contribution >= 4 is 23.2 Å². The maximum Gasteiger partial charge on any atom is 0.246 e. The molecule has 1 saturated carbocycles. The van der Waals surface area contributed by atoms with Crippen LogP contribution in [0.25, 0.3) is 0 Å². The van der Waals surface area contributed by atoms with Crippen molar-refractivity contribution < 1.29 is 9.59 Å². The summed E-state index contributed by atoms with van der Waals surface area (Å²) in [5.41, 5.74) is -0.646. The Morgan fingerprint density at radius 1 is 1.38 bits per heavy atom. The fraction of sp³-hybridized carbons (Fsp3) is 0.667. The number of piperazine rings is 1. The topological polar surface area (TPSA) is 62.3 Å². The van der Waals surface area contributed by atoms with E-state index in [2.05, 4.69) is 10.3 Å². The molecule has 1 saturated heterocycles. The van der Waals surface area contributed by atoms with Crippen LogP contribution in [-0.2, 0) is 16.1 Å². The van der Waals surface area contributed by atoms with Gasteiger partial charge in [0, 0.05) is 11.6 Å². The van der Waals surface area contributed by atoms with E-state index < -0.39 is 5.54 Å². The van der Waals surface area contributed by atoms with E-state index >= 15 is 0 Å². The summed E-state index contributed by atoms with van der Waals surface area (Å²) in [5.74, 6) is 0.0828. The van der Waals surface area contributed by atoms with Crippen LogP contribution < -0.4 is 5.32 Å². The Morgan fingerprint density at radius 3 is 2.76 bits per heavy atom. The summed E-state index contributed by atoms with van der Waals surface area (Å²) in [7, 11) is 0. The number of nitrogens with zero attached hydrogens (tertiary/aromatic N) is 2. The van der Waals surface area contributed by atoms with Gasteiger partial charge >= 0.3 is 0 Å². The number of carbonyl (C=O) groups is 2. The van der Waals surface area contributed by atoms with Crippen LogP contribution in [0, 0.1) is 0 Å². The average Bonchev–Trinajstić information content (AvgIpc) is 3.02. The summed E-state index contributed by atoms with van der Waals surface area (Å²) in [6, 6.07) is -0.384. The fourth-order valence-electron chi connectivity index (χ4n) is 3.48. The monoisotopic (exact) mass is 307 g/mol. The minimum absolute atomic E-state index is 0.0326. The SMILES string of the molecule is CCC1NC(=O)C2(CCCCC2)N(Cc2nccs2)C1=O. The smallest absolute Gasteiger partial charge is 0.246 e. The molecule has 1 aliphatic carbocycles. The van der Waals surface area contributed by atoms with Crippen LogP contribution in [0.4, 0.5) is 0 Å². The standard InChI is InChI=1S/C15H21N3O2S/c1-2-11-13(19)18(10-12-16-8-9-21-12)15(14(20)17-11)6-4-3-5-7-15/h8-9,11H,2-7,10H2,1H3,(H,17,20). The number of thiazole rings is 1. The first kappa shape index (κ1) is 14.5. The zero-order chi connectivity index (χ0) is 14.9. The number of amides is 2. The Balaban J connectivity index is 1.94. The molecule has 5 nitrogen and oxygen atoms in total. The van der Waals surface area contributed by atoms with Crippen LogP contribution in [0.15, 0.2) is 11.6 Å². The van der Waals surface area contributed by atoms with Crippen LogP contribution in [0.2, 0.25) is 0 Å². The maximum atomic E-state index is 12.8. The van der Waals surface area contributed by atoms with Crippen molar-refractivity contribution in [3.63, 3.8) is 0 Å². The van der Waals surface area contributed by atoms with Gasteiger partial charge < -0.3 is 10.2 Å². The number of rotatable bonds is 3. The van der Waals surface area contributed by atoms with Crippen molar-refractivity contribution in [2.75, 3.05) is 0 Å². The fourth-order valence-corrected chi connectivity index (χ4v) is 4.09. The van der Waals surface area contributed by atoms with Gasteiger partial charge in [0.25, 0.3) is 0 Å². The number of hydrogen-bond acceptors (Lipinski definition) is 4. The summed E-state index contributed by atoms with van der Waals surface area (Å²) < 4.78 is 0. The van der Waals surface area contributed by atoms with Crippen molar-refractivity contribution in [2.45, 2.75) is 63.6 Å². The molecule has 21 heavy (non-hydrogen) atoms. The van der Waals surface area contributed by atoms with E-state index in [4.69, 9.17) is 0 Å². The molecule has 1 aromatic heterocycles. The van der Waals surface area contributed by atoms with E-state index in [-0.39, 0.29) is 17.9 Å². The van der Waals surface area contributed by atoms with Crippen molar-refractivity contribution in [3.05, 3.63) is 16.6 Å². The van der Waals surface area contributed by atoms with Crippen molar-refractivity contribution in [2.24, 2.45) is 0 Å². The first-order valence-corrected chi connectivity index (χ1v) is 8.56. The van der Waals surface area contributed by atoms with Gasteiger partial charge in [0.05, 0.1) is 6.54 Å². The lowest BCUT2D eigenvalue weighted by Crippen LogP contribution is -2.70. The Morgan fingerprint density at radius 2 is 2.14 bits per heavy atom. The van der Waals surface area contributed by atoms with Gasteiger partial charge in [-0.25, -0.2) is 4.98 Å². The van der Waals surface area contributed by atoms with E-state index in [0.29, 0.717) is 13.0 Å². The molecule has 2 aliphatic rings. The molecule has 1 atom stereocenters. The normalized spacial score (nSPS) is 25.2. The predicted octanol–water partition coefficient (Wildman–Crippen LogP) is 2.08. The number of hydrogen-bond donors (Lipinski definition) is 1. The predicted molar refractivity (Wildman–Crippen MR) is 80.7 cm³/mol. The highest BCUT2D eigenvalue weighted by Gasteiger charge is 2.52. The third kappa shape index (κ3) is 2.46. The molecule has 114 valence electrons. The molecule has 2 heterocycles. The maximum absolute atomic E-state index is 12.8. The molecule has 3 rings (SSSR count). The minimum atomic E-state index is -0.646. The number of nitrogens with one attached hydrogen (secondary N) is 1. The Hall–Kier alpha value is -1.43. The van der Waals surface area contributed by atoms with E-state index in [9.17, 15) is 9.59 Å². The Bertz CT molecular complexity index is 523. The zero-order valence-corrected chi connectivity index (χ0v) is 13.1. The average molecular weight is 307 g/mol. The summed E-state index contributed by atoms with van der Waals surface area (Å²) in [5, 5.41) is 5.75. The molecule has 1 spiro atoms. The van der Waals surface area contributed by atoms with Gasteiger partial charge in [-0.1, -0.05) is 26.2 Å². The summed E-state index contributed by atoms with van der Waals surface area (Å²) in [4.78, 5) is 31.6. The molecule has 6 heteroatoms. The van der Waals surface area contributed by atoms with Crippen LogP contribution >= 0.6 is 11.3 Å². The molecule has 1 unspecified atom stereocenters. The molecule has 0 aromatic carbocycles. The largest absolute Gasteiger partial charge is 0.342 e. The molecular formula is C15H21N3O2S. The lowest BCUT2D eigenvalue weighted by molar-refractivity contribution is -0.161. The first-order chi connectivity index (χ1) is 10.2. The molecule has 1 N–H and O–H groups in total. The van der Waals surface area contributed by atoms with Gasteiger partial charge in [0.2, 0.25) is 11.8 Å². The van der Waals surface area contributed by atoms with Crippen molar-refractivity contribution in [1.29, 1.82) is 0 Å². The van der Waals surface area contributed by atoms with Gasteiger partial charge in [-0.3, -0.25) is 9.59 Å². The second-order valence-corrected chi connectivity index (χ2v) is 6.86. The minimum Gasteiger partial charge on any atom is -0.342 e. The van der Waals surface area contributed by atoms with Gasteiger partial charge in [0.15, 0.2) is 0 Å². The summed E-state index contributed by atoms with van der Waals surface area (Å²) in [6.45, 7) is 2.39. The van der Waals surface area contributed by atoms with E-state index in [1.165, 1.54) is 11.3 Å². The Kier molecular flexibility index (Phi) is 3.97. The molecule has 1 aromatic rings. The van der Waals surface area contributed by atoms with Crippen LogP contribution in [0.3, 0.4) is 0 Å². The highest BCUT2D eigenvalue weighted by atomic mass is 32.1. The van der Waals surface area contributed by atoms with E-state index in [1.54, 1.807) is 6.20 Å². The second-order valence-electron chi connectivity index (χ2n) is 5.88. The third-order valence-corrected chi connectivity index (χ3v) is 5.44. The molecule has 2 amide bonds. The lowest BCUT2D eigenvalue weighted by Gasteiger charge is -2.49. The molecule has 2 fully saturated rings. The quantitative estimate of drug-likeness (QED) is 0.930. The molecule has 0 radical (unpaired) electrons. The molecule has 1 aliphatic heterocycles. The van der Waals surface area contributed by atoms with Crippen LogP contribution in [0.1, 0.15) is 50.5 Å². The lowest BCUT2D eigenvalue weighted by atomic mass is 9.77. The first-order valence-electron chi connectivity index (χ1n) is 7.68. The summed E-state index contributed by atoms with van der Waals surface area (Å²) in [6.07, 6.45) is 7.08. The van der Waals surface area contributed by atoms with Crippen molar-refractivity contribution in [3.8, 4) is 0 Å². The number of aromatic nitrogens is 1. The van der Waals surface area contributed by atoms with Crippen molar-refractivity contribution in [1.82, 2.24) is 15.2 Å². The van der Waals surface area contributed by atoms with Gasteiger partial charge in [0.1, 0.15) is 16.6 Å². The van der Waals surface area contributed by atoms with Gasteiger partial charge in [-0.2, -0.15) is 0 Å². The highest BCUT2D eigenvalue weighted by Crippen LogP contribution is 2.38. The zero-order valence-electron chi connectivity index (χ0n) is 12.3. The Labute approximate surface area is 128 Å².